The number of β-amino-alcohol motifs (C(OH)–C–C–N with tert-alkyl or cyclic N) is 1. The maximum absolute atomic E-state index is 12.8. The van der Waals surface area contributed by atoms with Crippen LogP contribution in [0.15, 0.2) is 100 Å². The number of hydrogen-bond donors (Lipinski definition) is 1. The van der Waals surface area contributed by atoms with Crippen molar-refractivity contribution in [3.05, 3.63) is 107 Å². The fraction of sp³-hybridized carbons (Fsp3) is 0.450. The molecule has 0 radical (unpaired) electrons. The Morgan fingerprint density at radius 1 is 1.04 bits per heavy atom. The van der Waals surface area contributed by atoms with Crippen LogP contribution in [0.3, 0.4) is 0 Å². The summed E-state index contributed by atoms with van der Waals surface area (Å²) >= 11 is 0. The van der Waals surface area contributed by atoms with Gasteiger partial charge in [-0.25, -0.2) is 0 Å². The van der Waals surface area contributed by atoms with Crippen LogP contribution in [0.4, 0.5) is 0 Å². The highest BCUT2D eigenvalue weighted by molar-refractivity contribution is 5.94. The van der Waals surface area contributed by atoms with Crippen molar-refractivity contribution in [3.63, 3.8) is 0 Å². The third-order valence-electron chi connectivity index (χ3n) is 8.65. The number of likely N-dealkylation sites (tertiary alicyclic amines) is 1. The van der Waals surface area contributed by atoms with Crippen LogP contribution in [-0.2, 0) is 4.79 Å². The molecule has 0 bridgehead atoms. The lowest BCUT2D eigenvalue weighted by atomic mass is 9.98. The quantitative estimate of drug-likeness (QED) is 0.202. The number of carbonyl (C=O) groups excluding carboxylic acids is 1. The molecule has 5 heteroatoms. The number of aliphatic imine (C=N–C) groups is 1. The van der Waals surface area contributed by atoms with Gasteiger partial charge >= 0.3 is 0 Å². The van der Waals surface area contributed by atoms with Gasteiger partial charge in [-0.15, -0.1) is 0 Å². The number of benzene rings is 1. The Labute approximate surface area is 271 Å². The smallest absolute Gasteiger partial charge is 0.249 e. The van der Waals surface area contributed by atoms with Gasteiger partial charge in [0.1, 0.15) is 0 Å². The third-order valence-corrected chi connectivity index (χ3v) is 8.65. The van der Waals surface area contributed by atoms with Crippen LogP contribution in [0.25, 0.3) is 11.6 Å². The maximum Gasteiger partial charge on any atom is 0.249 e. The van der Waals surface area contributed by atoms with Crippen molar-refractivity contribution in [2.75, 3.05) is 26.2 Å². The van der Waals surface area contributed by atoms with Crippen molar-refractivity contribution < 1.29 is 9.90 Å². The number of hydrogen-bond acceptors (Lipinski definition) is 4. The van der Waals surface area contributed by atoms with Crippen LogP contribution in [0.2, 0.25) is 0 Å². The summed E-state index contributed by atoms with van der Waals surface area (Å²) in [6.45, 7) is 9.35. The van der Waals surface area contributed by atoms with E-state index in [1.807, 2.05) is 12.4 Å². The average Bonchev–Trinajstić information content (AvgIpc) is 3.04. The van der Waals surface area contributed by atoms with Gasteiger partial charge in [0, 0.05) is 49.9 Å². The highest BCUT2D eigenvalue weighted by Gasteiger charge is 2.30. The monoisotopic (exact) mass is 607 g/mol. The average molecular weight is 608 g/mol. The third kappa shape index (κ3) is 10.7. The molecule has 45 heavy (non-hydrogen) atoms. The minimum atomic E-state index is -0.367. The van der Waals surface area contributed by atoms with Gasteiger partial charge in [-0.2, -0.15) is 0 Å². The van der Waals surface area contributed by atoms with Gasteiger partial charge in [0.15, 0.2) is 0 Å². The number of nitrogens with zero attached hydrogens (tertiary/aromatic N) is 3. The molecule has 0 unspecified atom stereocenters. The second-order valence-corrected chi connectivity index (χ2v) is 12.4. The lowest BCUT2D eigenvalue weighted by Crippen LogP contribution is -2.54. The highest BCUT2D eigenvalue weighted by atomic mass is 16.3. The summed E-state index contributed by atoms with van der Waals surface area (Å²) in [4.78, 5) is 21.5. The van der Waals surface area contributed by atoms with E-state index in [0.717, 1.165) is 57.2 Å². The molecule has 3 aliphatic rings. The number of carbonyl (C=O) groups is 1. The van der Waals surface area contributed by atoms with E-state index in [2.05, 4.69) is 104 Å². The van der Waals surface area contributed by atoms with E-state index in [4.69, 9.17) is 0 Å². The van der Waals surface area contributed by atoms with Gasteiger partial charge in [-0.3, -0.25) is 9.79 Å². The molecule has 240 valence electrons. The first-order chi connectivity index (χ1) is 22.0. The standard InChI is InChI=1S/C40H53N3O2/c1-4-13-33(14-5-2)15-7-6-8-16-34-20-22-35(23-21-34)37-17-9-10-25-41-26-24-39(32(3)29-37)42-27-11-18-36(19-12-28-42)40(45)43-30-38(44)31-43/h8,10,15-18,20-26,29,38,44H,4-7,9,11-14,19,27-28,30-31H2,1-3H3/b16-8+,25-10+,32-29+,36-18-,37-17+,39-24-,41-26-. The molecule has 1 saturated heterocycles. The van der Waals surface area contributed by atoms with Gasteiger partial charge in [0.25, 0.3) is 0 Å². The van der Waals surface area contributed by atoms with Crippen LogP contribution in [0.5, 0.6) is 0 Å². The van der Waals surface area contributed by atoms with Gasteiger partial charge in [-0.1, -0.05) is 93.0 Å². The Bertz CT molecular complexity index is 1360. The van der Waals surface area contributed by atoms with E-state index in [1.54, 1.807) is 10.5 Å². The molecule has 1 fully saturated rings. The maximum atomic E-state index is 12.8. The van der Waals surface area contributed by atoms with Gasteiger partial charge in [0.05, 0.1) is 6.10 Å². The van der Waals surface area contributed by atoms with E-state index in [-0.39, 0.29) is 12.0 Å². The van der Waals surface area contributed by atoms with Crippen molar-refractivity contribution in [1.82, 2.24) is 9.80 Å². The summed E-state index contributed by atoms with van der Waals surface area (Å²) in [5, 5.41) is 9.60. The van der Waals surface area contributed by atoms with E-state index in [1.165, 1.54) is 53.7 Å². The molecule has 0 aromatic heterocycles. The molecule has 5 nitrogen and oxygen atoms in total. The Balaban J connectivity index is 1.43. The summed E-state index contributed by atoms with van der Waals surface area (Å²) in [7, 11) is 0. The fourth-order valence-electron chi connectivity index (χ4n) is 6.22. The molecule has 1 N–H and O–H groups in total. The minimum Gasteiger partial charge on any atom is -0.389 e. The zero-order valence-corrected chi connectivity index (χ0v) is 27.8. The first-order valence-electron chi connectivity index (χ1n) is 17.1. The van der Waals surface area contributed by atoms with E-state index in [9.17, 15) is 9.90 Å². The first-order valence-corrected chi connectivity index (χ1v) is 17.1. The zero-order chi connectivity index (χ0) is 31.9. The number of aliphatic hydroxyl groups is 1. The lowest BCUT2D eigenvalue weighted by molar-refractivity contribution is -0.137. The van der Waals surface area contributed by atoms with Crippen LogP contribution < -0.4 is 0 Å². The van der Waals surface area contributed by atoms with Crippen molar-refractivity contribution in [2.45, 2.75) is 91.1 Å². The number of unbranched alkanes of at least 4 members (excludes halogenated alkanes) is 1. The van der Waals surface area contributed by atoms with Gasteiger partial charge < -0.3 is 14.9 Å². The van der Waals surface area contributed by atoms with Crippen LogP contribution in [0, 0.1) is 0 Å². The van der Waals surface area contributed by atoms with E-state index >= 15 is 0 Å². The molecular weight excluding hydrogens is 554 g/mol. The summed E-state index contributed by atoms with van der Waals surface area (Å²) in [5.41, 5.74) is 8.53. The predicted octanol–water partition coefficient (Wildman–Crippen LogP) is 8.82. The number of rotatable bonds is 11. The fourth-order valence-corrected chi connectivity index (χ4v) is 6.22. The van der Waals surface area contributed by atoms with Crippen molar-refractivity contribution in [3.8, 4) is 0 Å². The van der Waals surface area contributed by atoms with Crippen LogP contribution in [-0.4, -0.2) is 59.3 Å². The molecule has 0 atom stereocenters. The second-order valence-electron chi connectivity index (χ2n) is 12.4. The van der Waals surface area contributed by atoms with Gasteiger partial charge in [0.2, 0.25) is 5.91 Å². The Kier molecular flexibility index (Phi) is 13.9. The molecule has 0 aliphatic carbocycles. The highest BCUT2D eigenvalue weighted by Crippen LogP contribution is 2.27. The zero-order valence-electron chi connectivity index (χ0n) is 27.8. The topological polar surface area (TPSA) is 56.1 Å². The normalized spacial score (nSPS) is 24.3. The summed E-state index contributed by atoms with van der Waals surface area (Å²) in [6, 6.07) is 8.90. The first kappa shape index (κ1) is 34.2. The minimum absolute atomic E-state index is 0.0924. The van der Waals surface area contributed by atoms with Crippen LogP contribution in [0.1, 0.15) is 96.1 Å². The summed E-state index contributed by atoms with van der Waals surface area (Å²) < 4.78 is 0. The summed E-state index contributed by atoms with van der Waals surface area (Å²) in [5.74, 6) is 0.0924. The van der Waals surface area contributed by atoms with Crippen molar-refractivity contribution in [2.24, 2.45) is 4.99 Å². The summed E-state index contributed by atoms with van der Waals surface area (Å²) in [6.07, 6.45) is 31.7. The number of allylic oxidation sites excluding steroid dienone is 9. The van der Waals surface area contributed by atoms with Gasteiger partial charge in [-0.05, 0) is 92.7 Å². The molecule has 1 amide bonds. The van der Waals surface area contributed by atoms with E-state index < -0.39 is 0 Å². The molecule has 0 saturated carbocycles. The molecule has 1 aromatic carbocycles. The number of amides is 1. The van der Waals surface area contributed by atoms with Crippen LogP contribution >= 0.6 is 0 Å². The van der Waals surface area contributed by atoms with Crippen molar-refractivity contribution in [1.29, 1.82) is 0 Å². The SMILES string of the molecule is CCCC(=CCC/C=C/c1ccc(C2=C/C/C=C/N=C\C=C(N3CC/C=C(\C(=O)N4CC(O)C4)CCC3)\C(C)=C\2)cc1)CCC. The molecular formula is C40H53N3O2. The predicted molar refractivity (Wildman–Crippen MR) is 191 cm³/mol. The molecule has 3 aliphatic heterocycles. The molecule has 3 heterocycles. The Morgan fingerprint density at radius 2 is 1.82 bits per heavy atom. The van der Waals surface area contributed by atoms with Crippen molar-refractivity contribution >= 4 is 23.8 Å². The lowest BCUT2D eigenvalue weighted by Gasteiger charge is -2.37. The molecule has 4 rings (SSSR count). The Hall–Kier alpha value is -3.70. The van der Waals surface area contributed by atoms with E-state index in [0.29, 0.717) is 13.1 Å². The molecule has 0 spiro atoms. The largest absolute Gasteiger partial charge is 0.389 e. The second kappa shape index (κ2) is 18.3. The number of aliphatic hydroxyl groups excluding tert-OH is 1. The molecule has 1 aromatic rings. The Morgan fingerprint density at radius 3 is 2.56 bits per heavy atom.